The van der Waals surface area contributed by atoms with Gasteiger partial charge in [-0.05, 0) is 12.3 Å². The van der Waals surface area contributed by atoms with Gasteiger partial charge in [0.2, 0.25) is 0 Å². The van der Waals surface area contributed by atoms with Crippen LogP contribution in [0.15, 0.2) is 18.2 Å². The number of benzene rings is 1. The van der Waals surface area contributed by atoms with Gasteiger partial charge in [0.15, 0.2) is 0 Å². The first-order valence-corrected chi connectivity index (χ1v) is 5.69. The van der Waals surface area contributed by atoms with Gasteiger partial charge in [0.1, 0.15) is 5.82 Å². The molecule has 1 rings (SSSR count). The molecule has 0 saturated carbocycles. The van der Waals surface area contributed by atoms with Gasteiger partial charge < -0.3 is 10.5 Å². The van der Waals surface area contributed by atoms with Crippen molar-refractivity contribution in [1.29, 1.82) is 0 Å². The van der Waals surface area contributed by atoms with E-state index in [1.807, 2.05) is 6.07 Å². The molecule has 0 spiro atoms. The lowest BCUT2D eigenvalue weighted by molar-refractivity contribution is 0.108. The van der Waals surface area contributed by atoms with Crippen LogP contribution in [-0.4, -0.2) is 6.61 Å². The number of hydrogen-bond acceptors (Lipinski definition) is 2. The van der Waals surface area contributed by atoms with E-state index < -0.39 is 0 Å². The highest BCUT2D eigenvalue weighted by atomic mass is 19.1. The monoisotopic (exact) mass is 225 g/mol. The minimum atomic E-state index is -0.227. The summed E-state index contributed by atoms with van der Waals surface area (Å²) in [6.07, 6.45) is 0.998. The molecule has 0 radical (unpaired) electrons. The molecule has 0 atom stereocenters. The molecule has 0 bridgehead atoms. The Balaban J connectivity index is 2.47. The highest BCUT2D eigenvalue weighted by molar-refractivity contribution is 5.25. The molecular formula is C13H20FNO. The second-order valence-electron chi connectivity index (χ2n) is 4.33. The number of hydrogen-bond donors (Lipinski definition) is 1. The molecule has 0 amide bonds. The van der Waals surface area contributed by atoms with E-state index in [9.17, 15) is 4.39 Å². The largest absolute Gasteiger partial charge is 0.377 e. The fourth-order valence-corrected chi connectivity index (χ4v) is 1.40. The van der Waals surface area contributed by atoms with Crippen LogP contribution in [0.3, 0.4) is 0 Å². The molecule has 0 heterocycles. The van der Waals surface area contributed by atoms with Crippen LogP contribution < -0.4 is 5.73 Å². The molecule has 3 heteroatoms. The van der Waals surface area contributed by atoms with Crippen molar-refractivity contribution < 1.29 is 9.13 Å². The highest BCUT2D eigenvalue weighted by Crippen LogP contribution is 2.13. The van der Waals surface area contributed by atoms with Crippen molar-refractivity contribution in [2.75, 3.05) is 6.61 Å². The zero-order chi connectivity index (χ0) is 12.0. The zero-order valence-corrected chi connectivity index (χ0v) is 10.0. The van der Waals surface area contributed by atoms with Crippen molar-refractivity contribution in [2.24, 2.45) is 11.7 Å². The molecule has 0 saturated heterocycles. The van der Waals surface area contributed by atoms with Crippen LogP contribution in [0.5, 0.6) is 0 Å². The summed E-state index contributed by atoms with van der Waals surface area (Å²) in [6.45, 7) is 5.50. The maximum atomic E-state index is 13.7. The summed E-state index contributed by atoms with van der Waals surface area (Å²) in [5.41, 5.74) is 6.57. The molecule has 1 aromatic carbocycles. The molecule has 0 aromatic heterocycles. The smallest absolute Gasteiger partial charge is 0.133 e. The summed E-state index contributed by atoms with van der Waals surface area (Å²) in [6, 6.07) is 5.25. The van der Waals surface area contributed by atoms with Gasteiger partial charge in [-0.15, -0.1) is 0 Å². The summed E-state index contributed by atoms with van der Waals surface area (Å²) >= 11 is 0. The van der Waals surface area contributed by atoms with Crippen LogP contribution in [0, 0.1) is 11.7 Å². The van der Waals surface area contributed by atoms with E-state index in [4.69, 9.17) is 10.5 Å². The first-order valence-electron chi connectivity index (χ1n) is 5.69. The standard InChI is InChI=1S/C13H20FNO/c1-10(2)6-7-16-9-12-5-3-4-11(8-15)13(12)14/h3-5,10H,6-9,15H2,1-2H3. The van der Waals surface area contributed by atoms with Crippen LogP contribution in [-0.2, 0) is 17.9 Å². The van der Waals surface area contributed by atoms with Gasteiger partial charge in [0, 0.05) is 24.3 Å². The van der Waals surface area contributed by atoms with Crippen molar-refractivity contribution in [3.63, 3.8) is 0 Å². The molecule has 0 aliphatic carbocycles. The maximum absolute atomic E-state index is 13.7. The predicted octanol–water partition coefficient (Wildman–Crippen LogP) is 2.85. The molecule has 0 fully saturated rings. The molecule has 2 nitrogen and oxygen atoms in total. The normalized spacial score (nSPS) is 11.1. The predicted molar refractivity (Wildman–Crippen MR) is 63.4 cm³/mol. The Morgan fingerprint density at radius 1 is 1.31 bits per heavy atom. The number of nitrogens with two attached hydrogens (primary N) is 1. The van der Waals surface area contributed by atoms with E-state index in [0.717, 1.165) is 6.42 Å². The van der Waals surface area contributed by atoms with Crippen LogP contribution in [0.25, 0.3) is 0 Å². The third-order valence-corrected chi connectivity index (χ3v) is 2.48. The SMILES string of the molecule is CC(C)CCOCc1cccc(CN)c1F. The van der Waals surface area contributed by atoms with E-state index in [1.165, 1.54) is 0 Å². The summed E-state index contributed by atoms with van der Waals surface area (Å²) in [7, 11) is 0. The van der Waals surface area contributed by atoms with Crippen molar-refractivity contribution in [2.45, 2.75) is 33.4 Å². The summed E-state index contributed by atoms with van der Waals surface area (Å²) < 4.78 is 19.1. The van der Waals surface area contributed by atoms with Crippen LogP contribution >= 0.6 is 0 Å². The zero-order valence-electron chi connectivity index (χ0n) is 10.0. The molecule has 1 aromatic rings. The van der Waals surface area contributed by atoms with Gasteiger partial charge >= 0.3 is 0 Å². The highest BCUT2D eigenvalue weighted by Gasteiger charge is 2.06. The molecule has 16 heavy (non-hydrogen) atoms. The van der Waals surface area contributed by atoms with Gasteiger partial charge in [-0.25, -0.2) is 4.39 Å². The fourth-order valence-electron chi connectivity index (χ4n) is 1.40. The molecule has 90 valence electrons. The Morgan fingerprint density at radius 3 is 2.62 bits per heavy atom. The van der Waals surface area contributed by atoms with Gasteiger partial charge in [-0.2, -0.15) is 0 Å². The lowest BCUT2D eigenvalue weighted by Crippen LogP contribution is -2.05. The minimum absolute atomic E-state index is 0.227. The maximum Gasteiger partial charge on any atom is 0.133 e. The van der Waals surface area contributed by atoms with Crippen molar-refractivity contribution in [3.05, 3.63) is 35.1 Å². The van der Waals surface area contributed by atoms with Crippen LogP contribution in [0.1, 0.15) is 31.4 Å². The lowest BCUT2D eigenvalue weighted by Gasteiger charge is -2.09. The van der Waals surface area contributed by atoms with Gasteiger partial charge in [0.25, 0.3) is 0 Å². The number of halogens is 1. The van der Waals surface area contributed by atoms with Gasteiger partial charge in [0.05, 0.1) is 6.61 Å². The fraction of sp³-hybridized carbons (Fsp3) is 0.538. The first kappa shape index (κ1) is 13.1. The third-order valence-electron chi connectivity index (χ3n) is 2.48. The Morgan fingerprint density at radius 2 is 2.00 bits per heavy atom. The van der Waals surface area contributed by atoms with E-state index in [0.29, 0.717) is 30.3 Å². The van der Waals surface area contributed by atoms with E-state index in [-0.39, 0.29) is 12.4 Å². The summed E-state index contributed by atoms with van der Waals surface area (Å²) in [5.74, 6) is 0.384. The van der Waals surface area contributed by atoms with E-state index >= 15 is 0 Å². The lowest BCUT2D eigenvalue weighted by atomic mass is 10.1. The molecule has 0 aliphatic rings. The summed E-state index contributed by atoms with van der Waals surface area (Å²) in [4.78, 5) is 0. The Bertz CT molecular complexity index is 326. The van der Waals surface area contributed by atoms with Crippen LogP contribution in [0.2, 0.25) is 0 Å². The third kappa shape index (κ3) is 3.91. The quantitative estimate of drug-likeness (QED) is 0.755. The minimum Gasteiger partial charge on any atom is -0.377 e. The second-order valence-corrected chi connectivity index (χ2v) is 4.33. The van der Waals surface area contributed by atoms with Gasteiger partial charge in [-0.3, -0.25) is 0 Å². The van der Waals surface area contributed by atoms with Crippen LogP contribution in [0.4, 0.5) is 4.39 Å². The molecule has 0 aliphatic heterocycles. The van der Waals surface area contributed by atoms with Crippen molar-refractivity contribution in [1.82, 2.24) is 0 Å². The average Bonchev–Trinajstić information content (AvgIpc) is 2.26. The topological polar surface area (TPSA) is 35.2 Å². The Hall–Kier alpha value is -0.930. The Labute approximate surface area is 96.6 Å². The van der Waals surface area contributed by atoms with Gasteiger partial charge in [-0.1, -0.05) is 32.0 Å². The number of rotatable bonds is 6. The first-order chi connectivity index (χ1) is 7.65. The second kappa shape index (κ2) is 6.61. The van der Waals surface area contributed by atoms with Crippen molar-refractivity contribution in [3.8, 4) is 0 Å². The van der Waals surface area contributed by atoms with Crippen molar-refractivity contribution >= 4 is 0 Å². The Kier molecular flexibility index (Phi) is 5.43. The molecular weight excluding hydrogens is 205 g/mol. The van der Waals surface area contributed by atoms with E-state index in [2.05, 4.69) is 13.8 Å². The molecule has 2 N–H and O–H groups in total. The molecule has 0 unspecified atom stereocenters. The van der Waals surface area contributed by atoms with E-state index in [1.54, 1.807) is 12.1 Å². The number of ether oxygens (including phenoxy) is 1. The summed E-state index contributed by atoms with van der Waals surface area (Å²) in [5, 5.41) is 0. The average molecular weight is 225 g/mol.